The zero-order chi connectivity index (χ0) is 8.27. The Labute approximate surface area is 67.6 Å². The molecule has 0 aromatic heterocycles. The van der Waals surface area contributed by atoms with E-state index in [0.717, 1.165) is 30.4 Å². The molecular formula is C9H16O2. The molecule has 0 radical (unpaired) electrons. The predicted molar refractivity (Wildman–Crippen MR) is 44.2 cm³/mol. The second-order valence-corrected chi connectivity index (χ2v) is 3.24. The molecule has 0 saturated heterocycles. The van der Waals surface area contributed by atoms with Crippen molar-refractivity contribution in [1.82, 2.24) is 0 Å². The normalized spacial score (nSPS) is 25.9. The fourth-order valence-corrected chi connectivity index (χ4v) is 1.75. The first kappa shape index (κ1) is 8.75. The Morgan fingerprint density at radius 3 is 2.55 bits per heavy atom. The summed E-state index contributed by atoms with van der Waals surface area (Å²) in [6.07, 6.45) is 3.27. The Bertz CT molecular complexity index is 161. The number of aliphatic hydroxyl groups is 2. The molecule has 2 heteroatoms. The summed E-state index contributed by atoms with van der Waals surface area (Å²) in [5.74, 6) is 0.468. The maximum atomic E-state index is 8.99. The Morgan fingerprint density at radius 2 is 2.09 bits per heavy atom. The Balaban J connectivity index is 2.77. The van der Waals surface area contributed by atoms with Gasteiger partial charge in [0.05, 0.1) is 13.2 Å². The van der Waals surface area contributed by atoms with Crippen LogP contribution in [0.3, 0.4) is 0 Å². The third-order valence-corrected chi connectivity index (χ3v) is 2.53. The van der Waals surface area contributed by atoms with Crippen molar-refractivity contribution in [2.45, 2.75) is 26.2 Å². The van der Waals surface area contributed by atoms with Gasteiger partial charge in [0.15, 0.2) is 0 Å². The van der Waals surface area contributed by atoms with Crippen LogP contribution in [0.1, 0.15) is 26.2 Å². The van der Waals surface area contributed by atoms with Crippen molar-refractivity contribution < 1.29 is 10.2 Å². The van der Waals surface area contributed by atoms with Crippen LogP contribution in [0.4, 0.5) is 0 Å². The van der Waals surface area contributed by atoms with Gasteiger partial charge in [0.2, 0.25) is 0 Å². The molecule has 64 valence electrons. The molecule has 0 spiro atoms. The largest absolute Gasteiger partial charge is 0.392 e. The van der Waals surface area contributed by atoms with Gasteiger partial charge < -0.3 is 10.2 Å². The molecule has 0 aromatic carbocycles. The fourth-order valence-electron chi connectivity index (χ4n) is 1.75. The summed E-state index contributed by atoms with van der Waals surface area (Å²) in [5, 5.41) is 17.9. The van der Waals surface area contributed by atoms with E-state index < -0.39 is 0 Å². The zero-order valence-corrected chi connectivity index (χ0v) is 7.01. The van der Waals surface area contributed by atoms with Crippen molar-refractivity contribution >= 4 is 0 Å². The molecular weight excluding hydrogens is 140 g/mol. The smallest absolute Gasteiger partial charge is 0.0647 e. The summed E-state index contributed by atoms with van der Waals surface area (Å²) in [4.78, 5) is 0. The molecule has 0 bridgehead atoms. The topological polar surface area (TPSA) is 40.5 Å². The molecule has 1 atom stereocenters. The van der Waals surface area contributed by atoms with Gasteiger partial charge in [-0.15, -0.1) is 0 Å². The summed E-state index contributed by atoms with van der Waals surface area (Å²) >= 11 is 0. The lowest BCUT2D eigenvalue weighted by atomic mass is 9.84. The lowest BCUT2D eigenvalue weighted by Gasteiger charge is -2.23. The van der Waals surface area contributed by atoms with E-state index in [-0.39, 0.29) is 13.2 Å². The Morgan fingerprint density at radius 1 is 1.36 bits per heavy atom. The Hall–Kier alpha value is -0.340. The maximum absolute atomic E-state index is 8.99. The molecule has 1 rings (SSSR count). The van der Waals surface area contributed by atoms with Gasteiger partial charge in [0.1, 0.15) is 0 Å². The minimum atomic E-state index is 0.122. The van der Waals surface area contributed by atoms with Crippen LogP contribution in [0.5, 0.6) is 0 Å². The van der Waals surface area contributed by atoms with E-state index >= 15 is 0 Å². The monoisotopic (exact) mass is 156 g/mol. The highest BCUT2D eigenvalue weighted by Crippen LogP contribution is 2.28. The van der Waals surface area contributed by atoms with E-state index in [1.807, 2.05) is 0 Å². The van der Waals surface area contributed by atoms with Gasteiger partial charge in [-0.3, -0.25) is 0 Å². The van der Waals surface area contributed by atoms with Gasteiger partial charge in [-0.1, -0.05) is 6.92 Å². The highest BCUT2D eigenvalue weighted by Gasteiger charge is 2.17. The van der Waals surface area contributed by atoms with Crippen LogP contribution in [0.25, 0.3) is 0 Å². The third-order valence-electron chi connectivity index (χ3n) is 2.53. The molecule has 0 saturated carbocycles. The van der Waals surface area contributed by atoms with Crippen molar-refractivity contribution in [2.24, 2.45) is 5.92 Å². The van der Waals surface area contributed by atoms with E-state index in [2.05, 4.69) is 6.92 Å². The summed E-state index contributed by atoms with van der Waals surface area (Å²) in [6.45, 7) is 2.36. The van der Waals surface area contributed by atoms with E-state index in [9.17, 15) is 0 Å². The minimum Gasteiger partial charge on any atom is -0.392 e. The zero-order valence-electron chi connectivity index (χ0n) is 7.01. The van der Waals surface area contributed by atoms with Crippen LogP contribution in [0.15, 0.2) is 11.1 Å². The van der Waals surface area contributed by atoms with Gasteiger partial charge in [-0.2, -0.15) is 0 Å². The quantitative estimate of drug-likeness (QED) is 0.587. The van der Waals surface area contributed by atoms with Crippen molar-refractivity contribution in [1.29, 1.82) is 0 Å². The number of hydrogen-bond acceptors (Lipinski definition) is 2. The van der Waals surface area contributed by atoms with Crippen LogP contribution < -0.4 is 0 Å². The Kier molecular flexibility index (Phi) is 3.09. The molecule has 0 aromatic rings. The van der Waals surface area contributed by atoms with Crippen LogP contribution in [-0.4, -0.2) is 23.4 Å². The summed E-state index contributed by atoms with van der Waals surface area (Å²) < 4.78 is 0. The number of hydrogen-bond donors (Lipinski definition) is 2. The van der Waals surface area contributed by atoms with Gasteiger partial charge in [-0.25, -0.2) is 0 Å². The lowest BCUT2D eigenvalue weighted by molar-refractivity contribution is 0.283. The second kappa shape index (κ2) is 3.88. The highest BCUT2D eigenvalue weighted by atomic mass is 16.3. The molecule has 0 fully saturated rings. The first-order valence-corrected chi connectivity index (χ1v) is 4.22. The van der Waals surface area contributed by atoms with Gasteiger partial charge >= 0.3 is 0 Å². The van der Waals surface area contributed by atoms with Crippen molar-refractivity contribution in [3.8, 4) is 0 Å². The van der Waals surface area contributed by atoms with Gasteiger partial charge in [0.25, 0.3) is 0 Å². The van der Waals surface area contributed by atoms with Crippen molar-refractivity contribution in [3.63, 3.8) is 0 Å². The molecule has 0 heterocycles. The molecule has 0 amide bonds. The number of rotatable bonds is 2. The molecule has 1 aliphatic rings. The molecule has 1 aliphatic carbocycles. The summed E-state index contributed by atoms with van der Waals surface area (Å²) in [6, 6.07) is 0. The third kappa shape index (κ3) is 1.82. The van der Waals surface area contributed by atoms with E-state index in [1.54, 1.807) is 0 Å². The van der Waals surface area contributed by atoms with Crippen molar-refractivity contribution in [3.05, 3.63) is 11.1 Å². The predicted octanol–water partition coefficient (Wildman–Crippen LogP) is 1.09. The maximum Gasteiger partial charge on any atom is 0.0647 e. The molecule has 1 unspecified atom stereocenters. The summed E-state index contributed by atoms with van der Waals surface area (Å²) in [7, 11) is 0. The van der Waals surface area contributed by atoms with E-state index in [4.69, 9.17) is 10.2 Å². The molecule has 2 nitrogen and oxygen atoms in total. The number of aliphatic hydroxyl groups excluding tert-OH is 2. The molecule has 0 aliphatic heterocycles. The van der Waals surface area contributed by atoms with Gasteiger partial charge in [0, 0.05) is 0 Å². The standard InChI is InChI=1S/C9H16O2/c1-7-3-2-4-8(5-10)9(7)6-11/h7,10-11H,2-6H2,1H3. The molecule has 11 heavy (non-hydrogen) atoms. The van der Waals surface area contributed by atoms with E-state index in [1.165, 1.54) is 0 Å². The van der Waals surface area contributed by atoms with Crippen LogP contribution in [0.2, 0.25) is 0 Å². The second-order valence-electron chi connectivity index (χ2n) is 3.24. The van der Waals surface area contributed by atoms with Crippen molar-refractivity contribution in [2.75, 3.05) is 13.2 Å². The van der Waals surface area contributed by atoms with E-state index in [0.29, 0.717) is 5.92 Å². The average Bonchev–Trinajstić information content (AvgIpc) is 2.04. The van der Waals surface area contributed by atoms with Crippen LogP contribution in [-0.2, 0) is 0 Å². The summed E-state index contributed by atoms with van der Waals surface area (Å²) in [5.41, 5.74) is 2.13. The van der Waals surface area contributed by atoms with Gasteiger partial charge in [-0.05, 0) is 36.3 Å². The fraction of sp³-hybridized carbons (Fsp3) is 0.778. The molecule has 2 N–H and O–H groups in total. The first-order valence-electron chi connectivity index (χ1n) is 4.22. The average molecular weight is 156 g/mol. The minimum absolute atomic E-state index is 0.122. The van der Waals surface area contributed by atoms with Crippen LogP contribution >= 0.6 is 0 Å². The SMILES string of the molecule is CC1CCCC(CO)=C1CO. The first-order chi connectivity index (χ1) is 5.29. The van der Waals surface area contributed by atoms with Crippen LogP contribution in [0, 0.1) is 5.92 Å². The highest BCUT2D eigenvalue weighted by molar-refractivity contribution is 5.20. The lowest BCUT2D eigenvalue weighted by Crippen LogP contribution is -2.14.